The molecule has 1 aliphatic carbocycles. The molecule has 2 N–H and O–H groups in total. The van der Waals surface area contributed by atoms with Gasteiger partial charge in [0.2, 0.25) is 0 Å². The molecule has 5 heteroatoms. The second-order valence-corrected chi connectivity index (χ2v) is 7.77. The average molecular weight is 348 g/mol. The van der Waals surface area contributed by atoms with Gasteiger partial charge in [-0.1, -0.05) is 6.07 Å². The Kier molecular flexibility index (Phi) is 6.57. The lowest BCUT2D eigenvalue weighted by atomic mass is 9.91. The lowest BCUT2D eigenvalue weighted by Gasteiger charge is -2.31. The Morgan fingerprint density at radius 3 is 2.40 bits per heavy atom. The van der Waals surface area contributed by atoms with E-state index in [2.05, 4.69) is 35.8 Å². The summed E-state index contributed by atoms with van der Waals surface area (Å²) in [6, 6.07) is 6.85. The molecule has 0 aromatic heterocycles. The number of carbonyl (C=O) groups excluding carboxylic acids is 1. The lowest BCUT2D eigenvalue weighted by molar-refractivity contribution is 0.0492. The van der Waals surface area contributed by atoms with Crippen molar-refractivity contribution in [1.29, 1.82) is 0 Å². The highest BCUT2D eigenvalue weighted by molar-refractivity contribution is 5.68. The van der Waals surface area contributed by atoms with Crippen molar-refractivity contribution in [2.45, 2.75) is 78.0 Å². The predicted octanol–water partition coefficient (Wildman–Crippen LogP) is 4.64. The van der Waals surface area contributed by atoms with Gasteiger partial charge < -0.3 is 20.1 Å². The van der Waals surface area contributed by atoms with Crippen molar-refractivity contribution in [2.24, 2.45) is 0 Å². The second kappa shape index (κ2) is 8.45. The predicted molar refractivity (Wildman–Crippen MR) is 101 cm³/mol. The number of benzene rings is 1. The summed E-state index contributed by atoms with van der Waals surface area (Å²) in [5, 5.41) is 6.59. The Bertz CT molecular complexity index is 573. The van der Waals surface area contributed by atoms with E-state index in [9.17, 15) is 4.79 Å². The monoisotopic (exact) mass is 348 g/mol. The van der Waals surface area contributed by atoms with Gasteiger partial charge >= 0.3 is 6.09 Å². The van der Waals surface area contributed by atoms with Crippen molar-refractivity contribution >= 4 is 11.8 Å². The first kappa shape index (κ1) is 19.4. The highest BCUT2D eigenvalue weighted by Gasteiger charge is 2.25. The van der Waals surface area contributed by atoms with E-state index in [0.29, 0.717) is 12.6 Å². The first-order chi connectivity index (χ1) is 11.8. The van der Waals surface area contributed by atoms with E-state index in [4.69, 9.17) is 9.47 Å². The third-order valence-electron chi connectivity index (χ3n) is 4.24. The number of carbonyl (C=O) groups is 1. The quantitative estimate of drug-likeness (QED) is 0.814. The van der Waals surface area contributed by atoms with Crippen molar-refractivity contribution in [1.82, 2.24) is 5.32 Å². The molecule has 2 rings (SSSR count). The van der Waals surface area contributed by atoms with Crippen LogP contribution in [0.15, 0.2) is 18.2 Å². The molecular weight excluding hydrogens is 316 g/mol. The molecule has 140 valence electrons. The molecule has 1 aliphatic rings. The molecule has 25 heavy (non-hydrogen) atoms. The molecule has 1 amide bonds. The van der Waals surface area contributed by atoms with Crippen LogP contribution < -0.4 is 15.4 Å². The van der Waals surface area contributed by atoms with Crippen LogP contribution in [-0.4, -0.2) is 30.4 Å². The minimum absolute atomic E-state index is 0.192. The maximum atomic E-state index is 11.9. The van der Waals surface area contributed by atoms with Gasteiger partial charge in [-0.15, -0.1) is 0 Å². The standard InChI is InChI=1S/C20H32N2O3/c1-6-24-18-13-14(2)7-12-17(18)21-15-8-10-16(11-9-15)22-19(23)25-20(3,4)5/h7,12-13,15-16,21H,6,8-11H2,1-5H3,(H,22,23). The van der Waals surface area contributed by atoms with Gasteiger partial charge in [-0.25, -0.2) is 4.79 Å². The number of rotatable bonds is 5. The molecule has 0 saturated heterocycles. The fraction of sp³-hybridized carbons (Fsp3) is 0.650. The van der Waals surface area contributed by atoms with Gasteiger partial charge in [0, 0.05) is 12.1 Å². The van der Waals surface area contributed by atoms with Gasteiger partial charge in [0.1, 0.15) is 11.4 Å². The molecule has 1 fully saturated rings. The van der Waals surface area contributed by atoms with Crippen molar-refractivity contribution in [3.63, 3.8) is 0 Å². The van der Waals surface area contributed by atoms with E-state index in [1.807, 2.05) is 27.7 Å². The first-order valence-electron chi connectivity index (χ1n) is 9.26. The normalized spacial score (nSPS) is 20.7. The van der Waals surface area contributed by atoms with Crippen LogP contribution in [0, 0.1) is 6.92 Å². The smallest absolute Gasteiger partial charge is 0.407 e. The summed E-state index contributed by atoms with van der Waals surface area (Å²) >= 11 is 0. The largest absolute Gasteiger partial charge is 0.492 e. The van der Waals surface area contributed by atoms with E-state index >= 15 is 0 Å². The number of amides is 1. The summed E-state index contributed by atoms with van der Waals surface area (Å²) < 4.78 is 11.1. The van der Waals surface area contributed by atoms with E-state index in [0.717, 1.165) is 37.1 Å². The van der Waals surface area contributed by atoms with Gasteiger partial charge in [0.25, 0.3) is 0 Å². The molecule has 0 atom stereocenters. The fourth-order valence-corrected chi connectivity index (χ4v) is 3.10. The van der Waals surface area contributed by atoms with Crippen LogP contribution >= 0.6 is 0 Å². The van der Waals surface area contributed by atoms with Crippen LogP contribution in [0.5, 0.6) is 5.75 Å². The summed E-state index contributed by atoms with van der Waals surface area (Å²) in [4.78, 5) is 11.9. The highest BCUT2D eigenvalue weighted by Crippen LogP contribution is 2.29. The minimum Gasteiger partial charge on any atom is -0.492 e. The Morgan fingerprint density at radius 1 is 1.16 bits per heavy atom. The van der Waals surface area contributed by atoms with Crippen LogP contribution in [0.25, 0.3) is 0 Å². The number of hydrogen-bond donors (Lipinski definition) is 2. The molecule has 0 aliphatic heterocycles. The molecule has 5 nitrogen and oxygen atoms in total. The minimum atomic E-state index is -0.454. The fourth-order valence-electron chi connectivity index (χ4n) is 3.10. The summed E-state index contributed by atoms with van der Waals surface area (Å²) in [5.74, 6) is 0.913. The number of anilines is 1. The zero-order chi connectivity index (χ0) is 18.4. The summed E-state index contributed by atoms with van der Waals surface area (Å²) in [6.45, 7) is 10.4. The van der Waals surface area contributed by atoms with Crippen LogP contribution in [-0.2, 0) is 4.74 Å². The van der Waals surface area contributed by atoms with Gasteiger partial charge in [-0.3, -0.25) is 0 Å². The SMILES string of the molecule is CCOc1cc(C)ccc1NC1CCC(NC(=O)OC(C)(C)C)CC1. The number of aryl methyl sites for hydroxylation is 1. The van der Waals surface area contributed by atoms with E-state index in [1.165, 1.54) is 5.56 Å². The van der Waals surface area contributed by atoms with Gasteiger partial charge in [0.15, 0.2) is 0 Å². The molecule has 1 aromatic rings. The molecule has 1 aromatic carbocycles. The molecule has 0 bridgehead atoms. The Balaban J connectivity index is 1.84. The van der Waals surface area contributed by atoms with E-state index in [-0.39, 0.29) is 12.1 Å². The van der Waals surface area contributed by atoms with Gasteiger partial charge in [-0.05, 0) is 78.0 Å². The van der Waals surface area contributed by atoms with E-state index in [1.54, 1.807) is 0 Å². The van der Waals surface area contributed by atoms with Crippen LogP contribution in [0.1, 0.15) is 58.9 Å². The summed E-state index contributed by atoms with van der Waals surface area (Å²) in [7, 11) is 0. The van der Waals surface area contributed by atoms with Crippen LogP contribution in [0.3, 0.4) is 0 Å². The number of alkyl carbamates (subject to hydrolysis) is 1. The Morgan fingerprint density at radius 2 is 1.80 bits per heavy atom. The summed E-state index contributed by atoms with van der Waals surface area (Å²) in [6.07, 6.45) is 3.61. The van der Waals surface area contributed by atoms with Crippen LogP contribution in [0.4, 0.5) is 10.5 Å². The highest BCUT2D eigenvalue weighted by atomic mass is 16.6. The topological polar surface area (TPSA) is 59.6 Å². The zero-order valence-corrected chi connectivity index (χ0v) is 16.1. The molecule has 0 heterocycles. The third-order valence-corrected chi connectivity index (χ3v) is 4.24. The maximum absolute atomic E-state index is 11.9. The Labute approximate surface area is 151 Å². The molecule has 0 radical (unpaired) electrons. The van der Waals surface area contributed by atoms with Crippen molar-refractivity contribution in [2.75, 3.05) is 11.9 Å². The molecule has 0 unspecified atom stereocenters. The van der Waals surface area contributed by atoms with Crippen molar-refractivity contribution < 1.29 is 14.3 Å². The molecule has 1 saturated carbocycles. The molecular formula is C20H32N2O3. The number of ether oxygens (including phenoxy) is 2. The Hall–Kier alpha value is -1.91. The third kappa shape index (κ3) is 6.48. The maximum Gasteiger partial charge on any atom is 0.407 e. The lowest BCUT2D eigenvalue weighted by Crippen LogP contribution is -2.42. The van der Waals surface area contributed by atoms with Crippen molar-refractivity contribution in [3.05, 3.63) is 23.8 Å². The molecule has 0 spiro atoms. The van der Waals surface area contributed by atoms with Crippen molar-refractivity contribution in [3.8, 4) is 5.75 Å². The number of nitrogens with one attached hydrogen (secondary N) is 2. The van der Waals surface area contributed by atoms with Crippen LogP contribution in [0.2, 0.25) is 0 Å². The summed E-state index contributed by atoms with van der Waals surface area (Å²) in [5.41, 5.74) is 1.79. The van der Waals surface area contributed by atoms with Gasteiger partial charge in [0.05, 0.1) is 12.3 Å². The average Bonchev–Trinajstić information content (AvgIpc) is 2.50. The van der Waals surface area contributed by atoms with Gasteiger partial charge in [-0.2, -0.15) is 0 Å². The van der Waals surface area contributed by atoms with E-state index < -0.39 is 5.60 Å². The zero-order valence-electron chi connectivity index (χ0n) is 16.1. The number of hydrogen-bond acceptors (Lipinski definition) is 4. The second-order valence-electron chi connectivity index (χ2n) is 7.77. The first-order valence-corrected chi connectivity index (χ1v) is 9.26.